The first-order chi connectivity index (χ1) is 7.31. The molecule has 0 saturated carbocycles. The zero-order valence-corrected chi connectivity index (χ0v) is 10.6. The number of halogens is 1. The monoisotopic (exact) mass is 236 g/mol. The molecule has 3 heteroatoms. The molecule has 0 aromatic heterocycles. The van der Waals surface area contributed by atoms with Crippen LogP contribution in [0.4, 0.5) is 0 Å². The number of hydrogen-bond acceptors (Lipinski definition) is 2. The van der Waals surface area contributed by atoms with Gasteiger partial charge < -0.3 is 9.84 Å². The Morgan fingerprint density at radius 2 is 1.67 bits per heavy atom. The van der Waals surface area contributed by atoms with Gasteiger partial charge in [0.25, 0.3) is 0 Å². The molecular formula is C12H25ClO2. The van der Waals surface area contributed by atoms with Crippen molar-refractivity contribution in [3.63, 3.8) is 0 Å². The Balaban J connectivity index is 2.92. The quantitative estimate of drug-likeness (QED) is 0.440. The third-order valence-electron chi connectivity index (χ3n) is 2.38. The standard InChI is InChI=1S/C12H25ClO2/c1-2-3-4-5-6-7-8-9-15-11-12(14)10-13/h12,14H,2-11H2,1H3. The molecule has 92 valence electrons. The minimum atomic E-state index is -0.503. The van der Waals surface area contributed by atoms with Crippen LogP contribution in [0.3, 0.4) is 0 Å². The first kappa shape index (κ1) is 15.2. The summed E-state index contributed by atoms with van der Waals surface area (Å²) in [6, 6.07) is 0. The maximum absolute atomic E-state index is 9.10. The Bertz CT molecular complexity index is 120. The lowest BCUT2D eigenvalue weighted by Gasteiger charge is -2.07. The van der Waals surface area contributed by atoms with E-state index in [4.69, 9.17) is 21.4 Å². The highest BCUT2D eigenvalue weighted by Crippen LogP contribution is 2.06. The van der Waals surface area contributed by atoms with Gasteiger partial charge in [0.15, 0.2) is 0 Å². The molecule has 0 amide bonds. The highest BCUT2D eigenvalue weighted by atomic mass is 35.5. The predicted molar refractivity (Wildman–Crippen MR) is 65.5 cm³/mol. The van der Waals surface area contributed by atoms with E-state index in [9.17, 15) is 0 Å². The van der Waals surface area contributed by atoms with Crippen molar-refractivity contribution in [1.82, 2.24) is 0 Å². The molecule has 0 heterocycles. The van der Waals surface area contributed by atoms with E-state index in [1.165, 1.54) is 38.5 Å². The third kappa shape index (κ3) is 12.1. The molecule has 0 aromatic carbocycles. The van der Waals surface area contributed by atoms with Gasteiger partial charge in [0.1, 0.15) is 0 Å². The van der Waals surface area contributed by atoms with E-state index in [1.54, 1.807) is 0 Å². The number of rotatable bonds is 11. The summed E-state index contributed by atoms with van der Waals surface area (Å²) in [5.74, 6) is 0.261. The lowest BCUT2D eigenvalue weighted by Crippen LogP contribution is -2.17. The lowest BCUT2D eigenvalue weighted by atomic mass is 10.1. The minimum absolute atomic E-state index is 0.261. The number of unbranched alkanes of at least 4 members (excludes halogenated alkanes) is 6. The Morgan fingerprint density at radius 1 is 1.07 bits per heavy atom. The van der Waals surface area contributed by atoms with Crippen LogP contribution >= 0.6 is 11.6 Å². The predicted octanol–water partition coefficient (Wildman–Crippen LogP) is 3.35. The van der Waals surface area contributed by atoms with Crippen LogP contribution < -0.4 is 0 Å². The van der Waals surface area contributed by atoms with Crippen LogP contribution in [0.2, 0.25) is 0 Å². The smallest absolute Gasteiger partial charge is 0.0908 e. The normalized spacial score (nSPS) is 13.0. The second-order valence-electron chi connectivity index (χ2n) is 4.00. The van der Waals surface area contributed by atoms with Crippen molar-refractivity contribution in [2.75, 3.05) is 19.1 Å². The fraction of sp³-hybridized carbons (Fsp3) is 1.00. The SMILES string of the molecule is CCCCCCCCCOCC(O)CCl. The maximum Gasteiger partial charge on any atom is 0.0908 e. The molecule has 1 atom stereocenters. The van der Waals surface area contributed by atoms with E-state index in [1.807, 2.05) is 0 Å². The van der Waals surface area contributed by atoms with Crippen molar-refractivity contribution in [2.45, 2.75) is 58.0 Å². The van der Waals surface area contributed by atoms with Gasteiger partial charge >= 0.3 is 0 Å². The van der Waals surface area contributed by atoms with Crippen molar-refractivity contribution in [3.05, 3.63) is 0 Å². The van der Waals surface area contributed by atoms with E-state index in [0.717, 1.165) is 13.0 Å². The molecule has 15 heavy (non-hydrogen) atoms. The second kappa shape index (κ2) is 12.3. The summed E-state index contributed by atoms with van der Waals surface area (Å²) in [5, 5.41) is 9.10. The number of aliphatic hydroxyl groups excluding tert-OH is 1. The van der Waals surface area contributed by atoms with Gasteiger partial charge in [-0.15, -0.1) is 11.6 Å². The highest BCUT2D eigenvalue weighted by molar-refractivity contribution is 6.18. The summed E-state index contributed by atoms with van der Waals surface area (Å²) in [5.41, 5.74) is 0. The van der Waals surface area contributed by atoms with E-state index in [-0.39, 0.29) is 5.88 Å². The van der Waals surface area contributed by atoms with Crippen LogP contribution in [-0.4, -0.2) is 30.3 Å². The summed E-state index contributed by atoms with van der Waals surface area (Å²) in [6.45, 7) is 3.36. The summed E-state index contributed by atoms with van der Waals surface area (Å²) >= 11 is 5.43. The number of hydrogen-bond donors (Lipinski definition) is 1. The second-order valence-corrected chi connectivity index (χ2v) is 4.31. The molecule has 0 aliphatic carbocycles. The fourth-order valence-corrected chi connectivity index (χ4v) is 1.51. The lowest BCUT2D eigenvalue weighted by molar-refractivity contribution is 0.0461. The van der Waals surface area contributed by atoms with E-state index in [2.05, 4.69) is 6.92 Å². The molecule has 0 bridgehead atoms. The molecule has 0 saturated heterocycles. The molecule has 0 aliphatic heterocycles. The zero-order chi connectivity index (χ0) is 11.4. The van der Waals surface area contributed by atoms with Crippen molar-refractivity contribution in [3.8, 4) is 0 Å². The van der Waals surface area contributed by atoms with Crippen molar-refractivity contribution >= 4 is 11.6 Å². The van der Waals surface area contributed by atoms with Crippen molar-refractivity contribution in [2.24, 2.45) is 0 Å². The summed E-state index contributed by atoms with van der Waals surface area (Å²) < 4.78 is 5.28. The number of ether oxygens (including phenoxy) is 1. The Kier molecular flexibility index (Phi) is 12.5. The molecule has 0 rings (SSSR count). The molecule has 0 spiro atoms. The van der Waals surface area contributed by atoms with Gasteiger partial charge in [-0.05, 0) is 6.42 Å². The van der Waals surface area contributed by atoms with Crippen molar-refractivity contribution in [1.29, 1.82) is 0 Å². The summed E-state index contributed by atoms with van der Waals surface area (Å²) in [6.07, 6.45) is 8.51. The molecular weight excluding hydrogens is 212 g/mol. The Morgan fingerprint density at radius 3 is 2.27 bits per heavy atom. The molecule has 2 nitrogen and oxygen atoms in total. The van der Waals surface area contributed by atoms with Gasteiger partial charge in [-0.2, -0.15) is 0 Å². The summed E-state index contributed by atoms with van der Waals surface area (Å²) in [7, 11) is 0. The van der Waals surface area contributed by atoms with Crippen LogP contribution in [0.25, 0.3) is 0 Å². The molecule has 0 aliphatic rings. The van der Waals surface area contributed by atoms with Gasteiger partial charge in [0, 0.05) is 6.61 Å². The third-order valence-corrected chi connectivity index (χ3v) is 2.74. The summed E-state index contributed by atoms with van der Waals surface area (Å²) in [4.78, 5) is 0. The topological polar surface area (TPSA) is 29.5 Å². The van der Waals surface area contributed by atoms with Gasteiger partial charge in [-0.3, -0.25) is 0 Å². The molecule has 1 unspecified atom stereocenters. The Hall–Kier alpha value is 0.210. The number of alkyl halides is 1. The molecule has 1 N–H and O–H groups in total. The fourth-order valence-electron chi connectivity index (χ4n) is 1.43. The van der Waals surface area contributed by atoms with E-state index >= 15 is 0 Å². The first-order valence-corrected chi connectivity index (χ1v) is 6.66. The van der Waals surface area contributed by atoms with Gasteiger partial charge in [0.2, 0.25) is 0 Å². The largest absolute Gasteiger partial charge is 0.389 e. The number of aliphatic hydroxyl groups is 1. The Labute approximate surface area is 99.0 Å². The van der Waals surface area contributed by atoms with Gasteiger partial charge in [-0.25, -0.2) is 0 Å². The average molecular weight is 237 g/mol. The zero-order valence-electron chi connectivity index (χ0n) is 9.88. The molecule has 0 radical (unpaired) electrons. The molecule has 0 aromatic rings. The van der Waals surface area contributed by atoms with E-state index in [0.29, 0.717) is 6.61 Å². The van der Waals surface area contributed by atoms with Crippen molar-refractivity contribution < 1.29 is 9.84 Å². The van der Waals surface area contributed by atoms with Crippen LogP contribution in [0, 0.1) is 0 Å². The van der Waals surface area contributed by atoms with Crippen LogP contribution in [0.5, 0.6) is 0 Å². The van der Waals surface area contributed by atoms with Crippen LogP contribution in [-0.2, 0) is 4.74 Å². The minimum Gasteiger partial charge on any atom is -0.389 e. The highest BCUT2D eigenvalue weighted by Gasteiger charge is 2.00. The maximum atomic E-state index is 9.10. The molecule has 0 fully saturated rings. The van der Waals surface area contributed by atoms with Gasteiger partial charge in [0.05, 0.1) is 18.6 Å². The van der Waals surface area contributed by atoms with Crippen LogP contribution in [0.15, 0.2) is 0 Å². The average Bonchev–Trinajstić information content (AvgIpc) is 2.26. The van der Waals surface area contributed by atoms with Crippen LogP contribution in [0.1, 0.15) is 51.9 Å². The van der Waals surface area contributed by atoms with E-state index < -0.39 is 6.10 Å². The first-order valence-electron chi connectivity index (χ1n) is 6.13. The van der Waals surface area contributed by atoms with Gasteiger partial charge in [-0.1, -0.05) is 45.4 Å².